The van der Waals surface area contributed by atoms with Gasteiger partial charge >= 0.3 is 0 Å². The lowest BCUT2D eigenvalue weighted by Gasteiger charge is -2.25. The summed E-state index contributed by atoms with van der Waals surface area (Å²) in [6.45, 7) is 1.36. The van der Waals surface area contributed by atoms with Crippen LogP contribution >= 0.6 is 11.3 Å². The van der Waals surface area contributed by atoms with Crippen molar-refractivity contribution in [2.45, 2.75) is 37.9 Å². The monoisotopic (exact) mass is 341 g/mol. The first-order chi connectivity index (χ1) is 11.7. The Balaban J connectivity index is 1.46. The number of aromatic nitrogens is 1. The number of carbonyl (C=O) groups is 2. The molecule has 0 aromatic carbocycles. The Bertz CT molecular complexity index is 732. The summed E-state index contributed by atoms with van der Waals surface area (Å²) in [6.07, 6.45) is 5.26. The molecule has 0 saturated carbocycles. The maximum Gasteiger partial charge on any atom is 0.228 e. The average Bonchev–Trinajstić information content (AvgIpc) is 3.28. The van der Waals surface area contributed by atoms with Crippen LogP contribution in [0.1, 0.15) is 23.3 Å². The van der Waals surface area contributed by atoms with Gasteiger partial charge in [0.15, 0.2) is 0 Å². The molecule has 2 atom stereocenters. The van der Waals surface area contributed by atoms with Gasteiger partial charge in [0.2, 0.25) is 11.8 Å². The van der Waals surface area contributed by atoms with E-state index in [9.17, 15) is 9.59 Å². The zero-order valence-corrected chi connectivity index (χ0v) is 14.1. The van der Waals surface area contributed by atoms with Gasteiger partial charge in [-0.2, -0.15) is 0 Å². The van der Waals surface area contributed by atoms with E-state index in [1.54, 1.807) is 23.7 Å². The molecule has 6 heteroatoms. The minimum Gasteiger partial charge on any atom is -0.337 e. The van der Waals surface area contributed by atoms with Gasteiger partial charge < -0.3 is 9.80 Å². The zero-order valence-electron chi connectivity index (χ0n) is 13.3. The summed E-state index contributed by atoms with van der Waals surface area (Å²) in [5.41, 5.74) is 1.09. The largest absolute Gasteiger partial charge is 0.337 e. The zero-order chi connectivity index (χ0) is 16.5. The molecule has 2 fully saturated rings. The van der Waals surface area contributed by atoms with Crippen LogP contribution in [0.15, 0.2) is 42.0 Å². The smallest absolute Gasteiger partial charge is 0.228 e. The van der Waals surface area contributed by atoms with Crippen LogP contribution in [-0.4, -0.2) is 45.2 Å². The molecule has 0 aliphatic carbocycles. The molecule has 0 spiro atoms. The molecule has 24 heavy (non-hydrogen) atoms. The van der Waals surface area contributed by atoms with E-state index in [-0.39, 0.29) is 23.9 Å². The Kier molecular flexibility index (Phi) is 4.06. The minimum atomic E-state index is 0.0341. The molecule has 0 bridgehead atoms. The van der Waals surface area contributed by atoms with Gasteiger partial charge in [-0.15, -0.1) is 11.3 Å². The van der Waals surface area contributed by atoms with Crippen molar-refractivity contribution in [1.82, 2.24) is 14.8 Å². The second kappa shape index (κ2) is 6.36. The van der Waals surface area contributed by atoms with Gasteiger partial charge in [0.25, 0.3) is 0 Å². The number of thiophene rings is 1. The molecule has 4 heterocycles. The van der Waals surface area contributed by atoms with Crippen LogP contribution in [0.2, 0.25) is 0 Å². The third-order valence-electron chi connectivity index (χ3n) is 4.94. The Labute approximate surface area is 144 Å². The minimum absolute atomic E-state index is 0.0341. The molecule has 2 aromatic rings. The number of carbonyl (C=O) groups excluding carboxylic acids is 2. The molecule has 2 aromatic heterocycles. The molecule has 0 N–H and O–H groups in total. The number of hydrogen-bond acceptors (Lipinski definition) is 4. The molecular formula is C18H19N3O2S. The normalized spacial score (nSPS) is 22.9. The highest BCUT2D eigenvalue weighted by molar-refractivity contribution is 7.10. The van der Waals surface area contributed by atoms with Crippen LogP contribution in [0.5, 0.6) is 0 Å². The van der Waals surface area contributed by atoms with E-state index < -0.39 is 0 Å². The second-order valence-electron chi connectivity index (χ2n) is 6.35. The van der Waals surface area contributed by atoms with Crippen molar-refractivity contribution < 1.29 is 9.59 Å². The molecule has 2 aliphatic rings. The summed E-state index contributed by atoms with van der Waals surface area (Å²) in [5.74, 6) is 0.291. The van der Waals surface area contributed by atoms with Gasteiger partial charge in [-0.05, 0) is 35.6 Å². The SMILES string of the molecule is O=C(Cc1cccs1)N1CC[C@H]2[C@H]1CC(=O)N2Cc1ccncc1. The summed E-state index contributed by atoms with van der Waals surface area (Å²) in [6, 6.07) is 8.02. The standard InChI is InChI=1S/C18H19N3O2S/c22-17(10-14-2-1-9-24-14)20-8-5-15-16(20)11-18(23)21(15)12-13-3-6-19-7-4-13/h1-4,6-7,9,15-16H,5,8,10-12H2/t15-,16+/m0/s1. The van der Waals surface area contributed by atoms with Crippen LogP contribution in [-0.2, 0) is 22.6 Å². The highest BCUT2D eigenvalue weighted by atomic mass is 32.1. The number of nitrogens with zero attached hydrogens (tertiary/aromatic N) is 3. The maximum atomic E-state index is 12.6. The van der Waals surface area contributed by atoms with E-state index >= 15 is 0 Å². The third-order valence-corrected chi connectivity index (χ3v) is 5.82. The van der Waals surface area contributed by atoms with Crippen LogP contribution in [0, 0.1) is 0 Å². The van der Waals surface area contributed by atoms with E-state index in [2.05, 4.69) is 4.98 Å². The van der Waals surface area contributed by atoms with Gasteiger partial charge in [0.05, 0.1) is 18.5 Å². The molecule has 4 rings (SSSR count). The highest BCUT2D eigenvalue weighted by Crippen LogP contribution is 2.34. The quantitative estimate of drug-likeness (QED) is 0.856. The van der Waals surface area contributed by atoms with Gasteiger partial charge in [0.1, 0.15) is 0 Å². The van der Waals surface area contributed by atoms with Crippen molar-refractivity contribution in [2.24, 2.45) is 0 Å². The molecule has 2 aliphatic heterocycles. The van der Waals surface area contributed by atoms with Crippen LogP contribution in [0.25, 0.3) is 0 Å². The van der Waals surface area contributed by atoms with E-state index in [4.69, 9.17) is 0 Å². The van der Waals surface area contributed by atoms with Gasteiger partial charge in [-0.25, -0.2) is 0 Å². The van der Waals surface area contributed by atoms with Gasteiger partial charge in [-0.1, -0.05) is 6.07 Å². The van der Waals surface area contributed by atoms with Crippen molar-refractivity contribution in [3.63, 3.8) is 0 Å². The topological polar surface area (TPSA) is 53.5 Å². The molecule has 0 radical (unpaired) electrons. The predicted octanol–water partition coefficient (Wildman–Crippen LogP) is 2.09. The van der Waals surface area contributed by atoms with Crippen molar-refractivity contribution in [2.75, 3.05) is 6.54 Å². The molecule has 124 valence electrons. The van der Waals surface area contributed by atoms with Crippen LogP contribution in [0.4, 0.5) is 0 Å². The third kappa shape index (κ3) is 2.82. The second-order valence-corrected chi connectivity index (χ2v) is 7.38. The lowest BCUT2D eigenvalue weighted by molar-refractivity contribution is -0.131. The van der Waals surface area contributed by atoms with Gasteiger partial charge in [-0.3, -0.25) is 14.6 Å². The van der Waals surface area contributed by atoms with Crippen molar-refractivity contribution in [3.05, 3.63) is 52.5 Å². The molecular weight excluding hydrogens is 322 g/mol. The first-order valence-corrected chi connectivity index (χ1v) is 9.10. The summed E-state index contributed by atoms with van der Waals surface area (Å²) in [4.78, 5) is 34.0. The van der Waals surface area contributed by atoms with Crippen molar-refractivity contribution in [1.29, 1.82) is 0 Å². The first kappa shape index (κ1) is 15.3. The number of fused-ring (bicyclic) bond motifs is 1. The van der Waals surface area contributed by atoms with E-state index in [1.165, 1.54) is 0 Å². The molecule has 0 unspecified atom stereocenters. The Morgan fingerprint density at radius 2 is 2.08 bits per heavy atom. The van der Waals surface area contributed by atoms with Gasteiger partial charge in [0, 0.05) is 36.8 Å². The maximum absolute atomic E-state index is 12.6. The van der Waals surface area contributed by atoms with E-state index in [0.717, 1.165) is 23.4 Å². The van der Waals surface area contributed by atoms with Crippen LogP contribution in [0.3, 0.4) is 0 Å². The summed E-state index contributed by atoms with van der Waals surface area (Å²) >= 11 is 1.61. The Hall–Kier alpha value is -2.21. The number of rotatable bonds is 4. The fourth-order valence-corrected chi connectivity index (χ4v) is 4.49. The van der Waals surface area contributed by atoms with E-state index in [0.29, 0.717) is 19.4 Å². The first-order valence-electron chi connectivity index (χ1n) is 8.22. The average molecular weight is 341 g/mol. The molecule has 5 nitrogen and oxygen atoms in total. The molecule has 2 saturated heterocycles. The number of likely N-dealkylation sites (tertiary alicyclic amines) is 2. The lowest BCUT2D eigenvalue weighted by atomic mass is 10.1. The van der Waals surface area contributed by atoms with Crippen LogP contribution < -0.4 is 0 Å². The Morgan fingerprint density at radius 1 is 1.25 bits per heavy atom. The highest BCUT2D eigenvalue weighted by Gasteiger charge is 2.47. The molecule has 2 amide bonds. The Morgan fingerprint density at radius 3 is 2.83 bits per heavy atom. The van der Waals surface area contributed by atoms with E-state index in [1.807, 2.05) is 39.4 Å². The number of hydrogen-bond donors (Lipinski definition) is 0. The summed E-state index contributed by atoms with van der Waals surface area (Å²) in [7, 11) is 0. The number of pyridine rings is 1. The summed E-state index contributed by atoms with van der Waals surface area (Å²) in [5, 5.41) is 1.99. The predicted molar refractivity (Wildman–Crippen MR) is 91.3 cm³/mol. The summed E-state index contributed by atoms with van der Waals surface area (Å²) < 4.78 is 0. The van der Waals surface area contributed by atoms with Crippen molar-refractivity contribution >= 4 is 23.2 Å². The fourth-order valence-electron chi connectivity index (χ4n) is 3.79. The lowest BCUT2D eigenvalue weighted by Crippen LogP contribution is -2.40. The van der Waals surface area contributed by atoms with Crippen molar-refractivity contribution in [3.8, 4) is 0 Å². The fraction of sp³-hybridized carbons (Fsp3) is 0.389. The number of amides is 2.